The number of carbonyl (C=O) groups excluding carboxylic acids is 2. The third-order valence-corrected chi connectivity index (χ3v) is 5.73. The van der Waals surface area contributed by atoms with E-state index in [1.807, 2.05) is 50.2 Å². The maximum atomic E-state index is 13.1. The summed E-state index contributed by atoms with van der Waals surface area (Å²) in [6.07, 6.45) is 0.853. The summed E-state index contributed by atoms with van der Waals surface area (Å²) in [5, 5.41) is 0. The molecule has 2 aliphatic rings. The van der Waals surface area contributed by atoms with Crippen LogP contribution in [0.15, 0.2) is 72.1 Å². The monoisotopic (exact) mass is 388 g/mol. The number of ketones is 2. The standard InChI is InChI=1S/C25H28N2O2/c1-25(2)15-21(28)23(22(29)16-25)24-26(17-19-9-5-3-6-10-19)13-14-27(24)18-20-11-7-4-8-12-20/h3-12H,13-18H2,1-2H3. The van der Waals surface area contributed by atoms with Crippen LogP contribution in [0.3, 0.4) is 0 Å². The Morgan fingerprint density at radius 1 is 0.724 bits per heavy atom. The lowest BCUT2D eigenvalue weighted by Crippen LogP contribution is -2.36. The lowest BCUT2D eigenvalue weighted by atomic mass is 9.74. The summed E-state index contributed by atoms with van der Waals surface area (Å²) >= 11 is 0. The molecule has 4 heteroatoms. The van der Waals surface area contributed by atoms with E-state index < -0.39 is 0 Å². The van der Waals surface area contributed by atoms with Crippen molar-refractivity contribution in [2.45, 2.75) is 39.8 Å². The highest BCUT2D eigenvalue weighted by molar-refractivity contribution is 6.22. The van der Waals surface area contributed by atoms with Crippen LogP contribution in [0, 0.1) is 5.41 Å². The van der Waals surface area contributed by atoms with Crippen LogP contribution in [-0.2, 0) is 22.7 Å². The zero-order valence-electron chi connectivity index (χ0n) is 17.2. The largest absolute Gasteiger partial charge is 0.351 e. The van der Waals surface area contributed by atoms with Gasteiger partial charge in [-0.3, -0.25) is 9.59 Å². The van der Waals surface area contributed by atoms with Crippen molar-refractivity contribution in [3.63, 3.8) is 0 Å². The molecule has 0 atom stereocenters. The van der Waals surface area contributed by atoms with E-state index in [4.69, 9.17) is 0 Å². The van der Waals surface area contributed by atoms with Crippen molar-refractivity contribution in [2.24, 2.45) is 5.41 Å². The topological polar surface area (TPSA) is 40.6 Å². The number of benzene rings is 2. The minimum absolute atomic E-state index is 0.0146. The zero-order valence-corrected chi connectivity index (χ0v) is 17.2. The molecule has 0 N–H and O–H groups in total. The van der Waals surface area contributed by atoms with Crippen LogP contribution in [0.5, 0.6) is 0 Å². The van der Waals surface area contributed by atoms with Gasteiger partial charge in [0.15, 0.2) is 11.6 Å². The zero-order chi connectivity index (χ0) is 20.4. The molecule has 0 bridgehead atoms. The Morgan fingerprint density at radius 3 is 1.55 bits per heavy atom. The summed E-state index contributed by atoms with van der Waals surface area (Å²) in [6.45, 7) is 7.03. The van der Waals surface area contributed by atoms with Gasteiger partial charge in [0, 0.05) is 39.0 Å². The molecule has 2 aromatic rings. The van der Waals surface area contributed by atoms with E-state index >= 15 is 0 Å². The number of Topliss-reactive ketones (excluding diaryl/α,β-unsaturated/α-hetero) is 2. The van der Waals surface area contributed by atoms with Crippen LogP contribution in [0.4, 0.5) is 0 Å². The fraction of sp³-hybridized carbons (Fsp3) is 0.360. The van der Waals surface area contributed by atoms with E-state index in [1.54, 1.807) is 0 Å². The number of carbonyl (C=O) groups is 2. The van der Waals surface area contributed by atoms with Gasteiger partial charge >= 0.3 is 0 Å². The van der Waals surface area contributed by atoms with Gasteiger partial charge in [-0.2, -0.15) is 0 Å². The second-order valence-corrected chi connectivity index (χ2v) is 8.88. The smallest absolute Gasteiger partial charge is 0.170 e. The Labute approximate surface area is 172 Å². The van der Waals surface area contributed by atoms with Crippen molar-refractivity contribution in [3.05, 3.63) is 83.2 Å². The lowest BCUT2D eigenvalue weighted by molar-refractivity contribution is -0.127. The van der Waals surface area contributed by atoms with Crippen LogP contribution >= 0.6 is 0 Å². The van der Waals surface area contributed by atoms with Gasteiger partial charge in [-0.1, -0.05) is 74.5 Å². The molecule has 0 amide bonds. The lowest BCUT2D eigenvalue weighted by Gasteiger charge is -2.33. The molecule has 4 nitrogen and oxygen atoms in total. The Kier molecular flexibility index (Phi) is 5.27. The molecular formula is C25H28N2O2. The first-order chi connectivity index (χ1) is 13.9. The molecule has 150 valence electrons. The summed E-state index contributed by atoms with van der Waals surface area (Å²) < 4.78 is 0. The fourth-order valence-corrected chi connectivity index (χ4v) is 4.40. The van der Waals surface area contributed by atoms with E-state index in [-0.39, 0.29) is 17.0 Å². The molecule has 0 aromatic heterocycles. The van der Waals surface area contributed by atoms with Crippen molar-refractivity contribution in [1.29, 1.82) is 0 Å². The average Bonchev–Trinajstić information content (AvgIpc) is 3.04. The molecule has 1 aliphatic carbocycles. The molecule has 1 saturated heterocycles. The molecule has 1 saturated carbocycles. The second-order valence-electron chi connectivity index (χ2n) is 8.88. The summed E-state index contributed by atoms with van der Waals surface area (Å²) in [6, 6.07) is 20.5. The van der Waals surface area contributed by atoms with Gasteiger partial charge in [-0.25, -0.2) is 0 Å². The van der Waals surface area contributed by atoms with Gasteiger partial charge in [0.2, 0.25) is 0 Å². The normalized spacial score (nSPS) is 19.2. The summed E-state index contributed by atoms with van der Waals surface area (Å²) in [7, 11) is 0. The van der Waals surface area contributed by atoms with Gasteiger partial charge in [0.05, 0.1) is 0 Å². The minimum atomic E-state index is -0.259. The average molecular weight is 389 g/mol. The SMILES string of the molecule is CC1(C)CC(=O)C(=C2N(Cc3ccccc3)CCN2Cc2ccccc2)C(=O)C1. The third-order valence-electron chi connectivity index (χ3n) is 5.73. The van der Waals surface area contributed by atoms with Crippen LogP contribution in [0.25, 0.3) is 0 Å². The molecule has 2 fully saturated rings. The number of rotatable bonds is 4. The quantitative estimate of drug-likeness (QED) is 0.582. The maximum absolute atomic E-state index is 13.1. The van der Waals surface area contributed by atoms with E-state index in [1.165, 1.54) is 11.1 Å². The Bertz CT molecular complexity index is 858. The summed E-state index contributed by atoms with van der Waals surface area (Å²) in [4.78, 5) is 30.6. The number of allylic oxidation sites excluding steroid dienone is 1. The van der Waals surface area contributed by atoms with E-state index in [0.29, 0.717) is 31.5 Å². The van der Waals surface area contributed by atoms with Crippen molar-refractivity contribution < 1.29 is 9.59 Å². The molecule has 1 heterocycles. The van der Waals surface area contributed by atoms with Gasteiger partial charge in [-0.05, 0) is 16.5 Å². The van der Waals surface area contributed by atoms with E-state index in [2.05, 4.69) is 34.1 Å². The Morgan fingerprint density at radius 2 is 1.14 bits per heavy atom. The van der Waals surface area contributed by atoms with Gasteiger partial charge in [-0.15, -0.1) is 0 Å². The van der Waals surface area contributed by atoms with E-state index in [0.717, 1.165) is 18.9 Å². The van der Waals surface area contributed by atoms with Crippen LogP contribution in [0.2, 0.25) is 0 Å². The molecule has 0 unspecified atom stereocenters. The highest BCUT2D eigenvalue weighted by Gasteiger charge is 2.41. The number of nitrogens with zero attached hydrogens (tertiary/aromatic N) is 2. The van der Waals surface area contributed by atoms with Gasteiger partial charge in [0.25, 0.3) is 0 Å². The van der Waals surface area contributed by atoms with Crippen LogP contribution in [0.1, 0.15) is 37.8 Å². The first-order valence-corrected chi connectivity index (χ1v) is 10.3. The third kappa shape index (κ3) is 4.26. The molecule has 0 radical (unpaired) electrons. The predicted octanol–water partition coefficient (Wildman–Crippen LogP) is 4.17. The second kappa shape index (κ2) is 7.86. The van der Waals surface area contributed by atoms with Crippen LogP contribution < -0.4 is 0 Å². The number of hydrogen-bond acceptors (Lipinski definition) is 4. The van der Waals surface area contributed by atoms with Crippen LogP contribution in [-0.4, -0.2) is 34.5 Å². The van der Waals surface area contributed by atoms with Crippen molar-refractivity contribution >= 4 is 11.6 Å². The van der Waals surface area contributed by atoms with E-state index in [9.17, 15) is 9.59 Å². The van der Waals surface area contributed by atoms with Crippen molar-refractivity contribution in [2.75, 3.05) is 13.1 Å². The molecule has 0 spiro atoms. The Hall–Kier alpha value is -2.88. The maximum Gasteiger partial charge on any atom is 0.170 e. The summed E-state index contributed by atoms with van der Waals surface area (Å²) in [5.41, 5.74) is 2.52. The van der Waals surface area contributed by atoms with Gasteiger partial charge in [0.1, 0.15) is 11.4 Å². The first-order valence-electron chi connectivity index (χ1n) is 10.3. The van der Waals surface area contributed by atoms with Gasteiger partial charge < -0.3 is 9.80 Å². The van der Waals surface area contributed by atoms with Crippen molar-refractivity contribution in [3.8, 4) is 0 Å². The molecule has 4 rings (SSSR count). The predicted molar refractivity (Wildman–Crippen MR) is 114 cm³/mol. The minimum Gasteiger partial charge on any atom is -0.351 e. The molecule has 29 heavy (non-hydrogen) atoms. The molecular weight excluding hydrogens is 360 g/mol. The molecule has 1 aliphatic heterocycles. The highest BCUT2D eigenvalue weighted by atomic mass is 16.2. The highest BCUT2D eigenvalue weighted by Crippen LogP contribution is 2.37. The first kappa shape index (κ1) is 19.4. The Balaban J connectivity index is 1.71. The summed E-state index contributed by atoms with van der Waals surface area (Å²) in [5.74, 6) is 0.793. The number of hydrogen-bond donors (Lipinski definition) is 0. The van der Waals surface area contributed by atoms with Crippen molar-refractivity contribution in [1.82, 2.24) is 9.80 Å². The fourth-order valence-electron chi connectivity index (χ4n) is 4.40. The molecule has 2 aromatic carbocycles.